The molecule has 0 radical (unpaired) electrons. The van der Waals surface area contributed by atoms with E-state index in [2.05, 4.69) is 36.4 Å². The van der Waals surface area contributed by atoms with Gasteiger partial charge in [0.2, 0.25) is 5.43 Å². The van der Waals surface area contributed by atoms with E-state index in [-0.39, 0.29) is 11.2 Å². The topological polar surface area (TPSA) is 68.5 Å². The number of carbonyl (C=O) groups is 1. The van der Waals surface area contributed by atoms with Gasteiger partial charge in [-0.1, -0.05) is 54.6 Å². The van der Waals surface area contributed by atoms with E-state index in [0.29, 0.717) is 18.5 Å². The monoisotopic (exact) mass is 361 g/mol. The zero-order valence-electron chi connectivity index (χ0n) is 14.7. The Hall–Kier alpha value is -3.34. The summed E-state index contributed by atoms with van der Waals surface area (Å²) in [5.41, 5.74) is 4.72. The molecule has 5 nitrogen and oxygen atoms in total. The van der Waals surface area contributed by atoms with Crippen LogP contribution in [0.15, 0.2) is 65.6 Å². The number of benzene rings is 2. The van der Waals surface area contributed by atoms with Crippen LogP contribution in [0.25, 0.3) is 11.1 Å². The number of nitrogens with zero attached hydrogens (tertiary/aromatic N) is 1. The normalized spacial score (nSPS) is 12.6. The largest absolute Gasteiger partial charge is 0.511 e. The molecule has 1 aromatic heterocycles. The molecule has 0 atom stereocenters. The Morgan fingerprint density at radius 1 is 1.00 bits per heavy atom. The predicted octanol–water partition coefficient (Wildman–Crippen LogP) is 4.11. The molecule has 0 saturated heterocycles. The van der Waals surface area contributed by atoms with Crippen LogP contribution < -0.4 is 10.2 Å². The van der Waals surface area contributed by atoms with Crippen molar-refractivity contribution in [2.75, 3.05) is 0 Å². The van der Waals surface area contributed by atoms with Crippen LogP contribution in [0.4, 0.5) is 4.79 Å². The summed E-state index contributed by atoms with van der Waals surface area (Å²) in [6, 6.07) is 18.4. The van der Waals surface area contributed by atoms with Gasteiger partial charge in [0.05, 0.1) is 6.20 Å². The number of aromatic nitrogens is 1. The Bertz CT molecular complexity index is 1040. The van der Waals surface area contributed by atoms with Crippen molar-refractivity contribution in [3.63, 3.8) is 0 Å². The molecule has 1 N–H and O–H groups in total. The van der Waals surface area contributed by atoms with Crippen molar-refractivity contribution in [2.45, 2.75) is 25.8 Å². The maximum Gasteiger partial charge on any atom is 0.511 e. The van der Waals surface area contributed by atoms with E-state index in [0.717, 1.165) is 35.2 Å². The Balaban J connectivity index is 1.65. The van der Waals surface area contributed by atoms with Crippen molar-refractivity contribution in [3.8, 4) is 16.9 Å². The van der Waals surface area contributed by atoms with Crippen molar-refractivity contribution < 1.29 is 14.6 Å². The van der Waals surface area contributed by atoms with Gasteiger partial charge >= 0.3 is 6.16 Å². The van der Waals surface area contributed by atoms with E-state index >= 15 is 0 Å². The van der Waals surface area contributed by atoms with Crippen LogP contribution in [0.2, 0.25) is 0 Å². The van der Waals surface area contributed by atoms with E-state index in [1.54, 1.807) is 0 Å². The lowest BCUT2D eigenvalue weighted by molar-refractivity contribution is 0.143. The van der Waals surface area contributed by atoms with E-state index in [9.17, 15) is 9.59 Å². The summed E-state index contributed by atoms with van der Waals surface area (Å²) >= 11 is 0. The smallest absolute Gasteiger partial charge is 0.449 e. The minimum absolute atomic E-state index is 0.121. The van der Waals surface area contributed by atoms with E-state index in [4.69, 9.17) is 9.84 Å². The van der Waals surface area contributed by atoms with Gasteiger partial charge in [0.25, 0.3) is 0 Å². The molecule has 0 fully saturated rings. The van der Waals surface area contributed by atoms with Gasteiger partial charge in [0.15, 0.2) is 5.75 Å². The fraction of sp³-hybridized carbons (Fsp3) is 0.182. The molecule has 5 heteroatoms. The van der Waals surface area contributed by atoms with Crippen LogP contribution in [0.1, 0.15) is 23.2 Å². The second-order valence-corrected chi connectivity index (χ2v) is 6.66. The third kappa shape index (κ3) is 3.49. The molecule has 0 bridgehead atoms. The van der Waals surface area contributed by atoms with Gasteiger partial charge in [-0.15, -0.1) is 0 Å². The second kappa shape index (κ2) is 7.11. The molecule has 4 rings (SSSR count). The SMILES string of the molecule is O=C(O)Oc1cn(Cc2ccc(-c3ccccc3)cc2)c2c(c1=O)CCC2. The molecule has 2 aromatic carbocycles. The van der Waals surface area contributed by atoms with Crippen molar-refractivity contribution in [1.29, 1.82) is 0 Å². The van der Waals surface area contributed by atoms with Gasteiger partial charge in [-0.05, 0) is 36.0 Å². The lowest BCUT2D eigenvalue weighted by atomic mass is 10.0. The molecule has 27 heavy (non-hydrogen) atoms. The molecule has 136 valence electrons. The van der Waals surface area contributed by atoms with E-state index < -0.39 is 6.16 Å². The van der Waals surface area contributed by atoms with Gasteiger partial charge in [0, 0.05) is 17.8 Å². The molecule has 1 aliphatic rings. The van der Waals surface area contributed by atoms with Gasteiger partial charge in [-0.3, -0.25) is 4.79 Å². The van der Waals surface area contributed by atoms with Gasteiger partial charge < -0.3 is 14.4 Å². The molecule has 0 aliphatic heterocycles. The van der Waals surface area contributed by atoms with Crippen LogP contribution >= 0.6 is 0 Å². The first-order valence-corrected chi connectivity index (χ1v) is 8.92. The number of hydrogen-bond acceptors (Lipinski definition) is 3. The highest BCUT2D eigenvalue weighted by atomic mass is 16.7. The minimum atomic E-state index is -1.47. The molecule has 0 unspecified atom stereocenters. The molecule has 1 aliphatic carbocycles. The summed E-state index contributed by atoms with van der Waals surface area (Å²) in [5.74, 6) is -0.121. The van der Waals surface area contributed by atoms with Crippen molar-refractivity contribution in [2.24, 2.45) is 0 Å². The van der Waals surface area contributed by atoms with Crippen molar-refractivity contribution in [3.05, 3.63) is 87.8 Å². The van der Waals surface area contributed by atoms with Crippen LogP contribution in [0.5, 0.6) is 5.75 Å². The highest BCUT2D eigenvalue weighted by Crippen LogP contribution is 2.24. The number of pyridine rings is 1. The number of fused-ring (bicyclic) bond motifs is 1. The summed E-state index contributed by atoms with van der Waals surface area (Å²) < 4.78 is 6.65. The summed E-state index contributed by atoms with van der Waals surface area (Å²) in [6.07, 6.45) is 2.43. The average molecular weight is 361 g/mol. The zero-order chi connectivity index (χ0) is 18.8. The zero-order valence-corrected chi connectivity index (χ0v) is 14.7. The summed E-state index contributed by atoms with van der Waals surface area (Å²) in [5, 5.41) is 8.89. The number of hydrogen-bond donors (Lipinski definition) is 1. The molecule has 3 aromatic rings. The van der Waals surface area contributed by atoms with Crippen LogP contribution in [0, 0.1) is 0 Å². The van der Waals surface area contributed by atoms with Crippen LogP contribution in [-0.2, 0) is 19.4 Å². The average Bonchev–Trinajstić information content (AvgIpc) is 3.17. The van der Waals surface area contributed by atoms with Gasteiger partial charge in [0.1, 0.15) is 0 Å². The molecular formula is C22H19NO4. The van der Waals surface area contributed by atoms with E-state index in [1.807, 2.05) is 22.8 Å². The Kier molecular flexibility index (Phi) is 4.50. The van der Waals surface area contributed by atoms with Gasteiger partial charge in [-0.25, -0.2) is 4.79 Å². The fourth-order valence-corrected chi connectivity index (χ4v) is 3.65. The molecule has 0 amide bonds. The Morgan fingerprint density at radius 3 is 2.41 bits per heavy atom. The van der Waals surface area contributed by atoms with Crippen LogP contribution in [0.3, 0.4) is 0 Å². The van der Waals surface area contributed by atoms with Crippen LogP contribution in [-0.4, -0.2) is 15.8 Å². The molecule has 0 spiro atoms. The quantitative estimate of drug-likeness (QED) is 0.710. The molecular weight excluding hydrogens is 342 g/mol. The first kappa shape index (κ1) is 17.1. The Labute approximate surface area is 156 Å². The van der Waals surface area contributed by atoms with Gasteiger partial charge in [-0.2, -0.15) is 0 Å². The second-order valence-electron chi connectivity index (χ2n) is 6.66. The van der Waals surface area contributed by atoms with Crippen molar-refractivity contribution in [1.82, 2.24) is 4.57 Å². The first-order valence-electron chi connectivity index (χ1n) is 8.92. The summed E-state index contributed by atoms with van der Waals surface area (Å²) in [4.78, 5) is 23.3. The lowest BCUT2D eigenvalue weighted by Crippen LogP contribution is -2.20. The minimum Gasteiger partial charge on any atom is -0.449 e. The molecule has 1 heterocycles. The number of carboxylic acid groups (broad SMARTS) is 1. The van der Waals surface area contributed by atoms with Crippen molar-refractivity contribution >= 4 is 6.16 Å². The maximum absolute atomic E-state index is 12.4. The molecule has 0 saturated carbocycles. The predicted molar refractivity (Wildman–Crippen MR) is 102 cm³/mol. The lowest BCUT2D eigenvalue weighted by Gasteiger charge is -2.15. The first-order chi connectivity index (χ1) is 13.1. The third-order valence-electron chi connectivity index (χ3n) is 4.92. The highest BCUT2D eigenvalue weighted by molar-refractivity contribution is 5.63. The maximum atomic E-state index is 12.4. The standard InChI is InChI=1S/C22H19NO4/c24-21-18-7-4-8-19(18)23(14-20(21)27-22(25)26)13-15-9-11-17(12-10-15)16-5-2-1-3-6-16/h1-3,5-6,9-12,14H,4,7-8,13H2,(H,25,26). The highest BCUT2D eigenvalue weighted by Gasteiger charge is 2.22. The Morgan fingerprint density at radius 2 is 1.70 bits per heavy atom. The fourth-order valence-electron chi connectivity index (χ4n) is 3.65. The summed E-state index contributed by atoms with van der Waals surface area (Å²) in [7, 11) is 0. The summed E-state index contributed by atoms with van der Waals surface area (Å²) in [6.45, 7) is 0.563. The number of rotatable bonds is 4. The number of ether oxygens (including phenoxy) is 1. The third-order valence-corrected chi connectivity index (χ3v) is 4.92. The van der Waals surface area contributed by atoms with E-state index in [1.165, 1.54) is 6.20 Å².